The summed E-state index contributed by atoms with van der Waals surface area (Å²) < 4.78 is 12.6. The van der Waals surface area contributed by atoms with E-state index in [1.807, 2.05) is 18.2 Å². The van der Waals surface area contributed by atoms with Crippen LogP contribution >= 0.6 is 39.9 Å². The predicted molar refractivity (Wildman–Crippen MR) is 126 cm³/mol. The molecule has 0 atom stereocenters. The molecule has 2 aromatic rings. The Morgan fingerprint density at radius 1 is 1.33 bits per heavy atom. The molecule has 1 heterocycles. The first kappa shape index (κ1) is 22.1. The summed E-state index contributed by atoms with van der Waals surface area (Å²) in [7, 11) is 1.56. The van der Waals surface area contributed by atoms with E-state index in [1.165, 1.54) is 16.7 Å². The summed E-state index contributed by atoms with van der Waals surface area (Å²) in [6.07, 6.45) is 3.42. The van der Waals surface area contributed by atoms with Gasteiger partial charge >= 0.3 is 0 Å². The average molecular weight is 501 g/mol. The molecule has 30 heavy (non-hydrogen) atoms. The van der Waals surface area contributed by atoms with E-state index in [0.717, 1.165) is 11.1 Å². The van der Waals surface area contributed by atoms with E-state index in [-0.39, 0.29) is 5.91 Å². The minimum Gasteiger partial charge on any atom is -0.493 e. The third-order valence-electron chi connectivity index (χ3n) is 4.20. The van der Waals surface area contributed by atoms with E-state index in [4.69, 9.17) is 27.0 Å². The van der Waals surface area contributed by atoms with Crippen LogP contribution in [0.2, 0.25) is 0 Å². The van der Waals surface area contributed by atoms with E-state index in [0.29, 0.717) is 43.9 Å². The molecular formula is C22H17BrN2O3S2. The molecule has 0 bridgehead atoms. The molecule has 152 valence electrons. The molecule has 0 aromatic heterocycles. The number of thiocarbonyl (C=S) groups is 1. The largest absolute Gasteiger partial charge is 0.493 e. The number of nitriles is 1. The van der Waals surface area contributed by atoms with Crippen molar-refractivity contribution in [3.63, 3.8) is 0 Å². The molecule has 1 aliphatic rings. The number of rotatable bonds is 7. The summed E-state index contributed by atoms with van der Waals surface area (Å²) >= 11 is 10.1. The third kappa shape index (κ3) is 4.93. The van der Waals surface area contributed by atoms with Crippen LogP contribution in [0.5, 0.6) is 11.5 Å². The Kier molecular flexibility index (Phi) is 7.32. The second-order valence-corrected chi connectivity index (χ2v) is 8.74. The number of thioether (sulfide) groups is 1. The first-order chi connectivity index (χ1) is 14.5. The highest BCUT2D eigenvalue weighted by molar-refractivity contribution is 9.10. The minimum atomic E-state index is -0.138. The lowest BCUT2D eigenvalue weighted by Crippen LogP contribution is -2.27. The average Bonchev–Trinajstić information content (AvgIpc) is 3.00. The lowest BCUT2D eigenvalue weighted by molar-refractivity contribution is -0.121. The smallest absolute Gasteiger partial charge is 0.266 e. The summed E-state index contributed by atoms with van der Waals surface area (Å²) in [4.78, 5) is 14.6. The topological polar surface area (TPSA) is 62.6 Å². The lowest BCUT2D eigenvalue weighted by Gasteiger charge is -2.14. The zero-order chi connectivity index (χ0) is 21.7. The number of benzene rings is 2. The number of nitrogens with zero attached hydrogens (tertiary/aromatic N) is 2. The molecule has 0 saturated carbocycles. The second-order valence-electron chi connectivity index (χ2n) is 6.21. The van der Waals surface area contributed by atoms with E-state index in [2.05, 4.69) is 28.6 Å². The maximum absolute atomic E-state index is 12.5. The molecule has 0 N–H and O–H groups in total. The van der Waals surface area contributed by atoms with Crippen molar-refractivity contribution in [3.8, 4) is 17.6 Å². The van der Waals surface area contributed by atoms with Crippen LogP contribution in [0.4, 0.5) is 0 Å². The van der Waals surface area contributed by atoms with Crippen molar-refractivity contribution >= 4 is 56.2 Å². The Labute approximate surface area is 193 Å². The number of hydrogen-bond acceptors (Lipinski definition) is 6. The molecular weight excluding hydrogens is 484 g/mol. The number of carbonyl (C=O) groups excluding carboxylic acids is 1. The number of carbonyl (C=O) groups is 1. The van der Waals surface area contributed by atoms with Crippen LogP contribution in [-0.2, 0) is 11.4 Å². The van der Waals surface area contributed by atoms with Crippen LogP contribution < -0.4 is 9.47 Å². The van der Waals surface area contributed by atoms with Gasteiger partial charge in [-0.15, -0.1) is 6.58 Å². The summed E-state index contributed by atoms with van der Waals surface area (Å²) in [5.41, 5.74) is 2.31. The number of ether oxygens (including phenoxy) is 2. The number of methoxy groups -OCH3 is 1. The highest BCUT2D eigenvalue weighted by Crippen LogP contribution is 2.39. The quantitative estimate of drug-likeness (QED) is 0.292. The molecule has 0 unspecified atom stereocenters. The predicted octanol–water partition coefficient (Wildman–Crippen LogP) is 5.30. The van der Waals surface area contributed by atoms with Crippen LogP contribution in [0.15, 0.2) is 58.4 Å². The van der Waals surface area contributed by atoms with Gasteiger partial charge in [0.15, 0.2) is 11.5 Å². The Hall–Kier alpha value is -2.60. The molecule has 0 radical (unpaired) electrons. The van der Waals surface area contributed by atoms with Crippen LogP contribution in [0.25, 0.3) is 6.08 Å². The highest BCUT2D eigenvalue weighted by atomic mass is 79.9. The highest BCUT2D eigenvalue weighted by Gasteiger charge is 2.31. The second kappa shape index (κ2) is 9.94. The van der Waals surface area contributed by atoms with Crippen LogP contribution in [0, 0.1) is 11.3 Å². The summed E-state index contributed by atoms with van der Waals surface area (Å²) in [5, 5.41) is 8.90. The van der Waals surface area contributed by atoms with Gasteiger partial charge in [0.05, 0.1) is 28.1 Å². The molecule has 0 aliphatic carbocycles. The van der Waals surface area contributed by atoms with Crippen molar-refractivity contribution in [2.45, 2.75) is 6.61 Å². The SMILES string of the molecule is C=CCN1C(=O)/C(=C/c2cc(Br)c(OCc3ccc(C#N)cc3)c(OC)c2)SC1=S. The Balaban J connectivity index is 1.82. The Morgan fingerprint density at radius 2 is 2.07 bits per heavy atom. The fourth-order valence-electron chi connectivity index (χ4n) is 2.73. The van der Waals surface area contributed by atoms with Gasteiger partial charge in [0, 0.05) is 6.54 Å². The van der Waals surface area contributed by atoms with Crippen LogP contribution in [0.1, 0.15) is 16.7 Å². The summed E-state index contributed by atoms with van der Waals surface area (Å²) in [6, 6.07) is 12.9. The molecule has 3 rings (SSSR count). The van der Waals surface area contributed by atoms with Gasteiger partial charge in [-0.1, -0.05) is 42.2 Å². The standard InChI is InChI=1S/C22H17BrN2O3S2/c1-3-8-25-21(26)19(30-22(25)29)11-16-9-17(23)20(18(10-16)27-2)28-13-15-6-4-14(12-24)5-7-15/h3-7,9-11H,1,8,13H2,2H3/b19-11-. The van der Waals surface area contributed by atoms with Gasteiger partial charge in [0.1, 0.15) is 10.9 Å². The van der Waals surface area contributed by atoms with Gasteiger partial charge in [-0.05, 0) is 57.4 Å². The van der Waals surface area contributed by atoms with Gasteiger partial charge < -0.3 is 9.47 Å². The molecule has 5 nitrogen and oxygen atoms in total. The first-order valence-corrected chi connectivity index (χ1v) is 10.8. The Morgan fingerprint density at radius 3 is 2.70 bits per heavy atom. The summed E-state index contributed by atoms with van der Waals surface area (Å²) in [6.45, 7) is 4.37. The van der Waals surface area contributed by atoms with Gasteiger partial charge in [-0.2, -0.15) is 5.26 Å². The third-order valence-corrected chi connectivity index (χ3v) is 6.17. The zero-order valence-corrected chi connectivity index (χ0v) is 19.3. The van der Waals surface area contributed by atoms with Gasteiger partial charge in [0.25, 0.3) is 5.91 Å². The van der Waals surface area contributed by atoms with Gasteiger partial charge in [-0.25, -0.2) is 0 Å². The molecule has 1 fully saturated rings. The van der Waals surface area contributed by atoms with E-state index in [9.17, 15) is 4.79 Å². The first-order valence-electron chi connectivity index (χ1n) is 8.82. The Bertz CT molecular complexity index is 1080. The number of hydrogen-bond donors (Lipinski definition) is 0. The van der Waals surface area contributed by atoms with Gasteiger partial charge in [-0.3, -0.25) is 9.69 Å². The van der Waals surface area contributed by atoms with Crippen molar-refractivity contribution in [1.82, 2.24) is 4.90 Å². The van der Waals surface area contributed by atoms with E-state index in [1.54, 1.807) is 37.5 Å². The molecule has 8 heteroatoms. The fraction of sp³-hybridized carbons (Fsp3) is 0.136. The monoisotopic (exact) mass is 500 g/mol. The minimum absolute atomic E-state index is 0.138. The van der Waals surface area contributed by atoms with Crippen molar-refractivity contribution in [2.24, 2.45) is 0 Å². The van der Waals surface area contributed by atoms with E-state index < -0.39 is 0 Å². The molecule has 0 spiro atoms. The maximum atomic E-state index is 12.5. The normalized spacial score (nSPS) is 14.7. The van der Waals surface area contributed by atoms with Crippen LogP contribution in [-0.4, -0.2) is 28.8 Å². The lowest BCUT2D eigenvalue weighted by atomic mass is 10.1. The number of halogens is 1. The molecule has 1 aliphatic heterocycles. The molecule has 1 saturated heterocycles. The number of amides is 1. The van der Waals surface area contributed by atoms with Gasteiger partial charge in [0.2, 0.25) is 0 Å². The zero-order valence-electron chi connectivity index (χ0n) is 16.1. The maximum Gasteiger partial charge on any atom is 0.266 e. The van der Waals surface area contributed by atoms with Crippen molar-refractivity contribution < 1.29 is 14.3 Å². The van der Waals surface area contributed by atoms with Crippen molar-refractivity contribution in [3.05, 3.63) is 75.1 Å². The van der Waals surface area contributed by atoms with E-state index >= 15 is 0 Å². The molecule has 2 aromatic carbocycles. The van der Waals surface area contributed by atoms with Crippen LogP contribution in [0.3, 0.4) is 0 Å². The van der Waals surface area contributed by atoms with Crippen molar-refractivity contribution in [1.29, 1.82) is 5.26 Å². The summed E-state index contributed by atoms with van der Waals surface area (Å²) in [5.74, 6) is 0.949. The fourth-order valence-corrected chi connectivity index (χ4v) is 4.58. The molecule has 1 amide bonds. The van der Waals surface area contributed by atoms with Crippen molar-refractivity contribution in [2.75, 3.05) is 13.7 Å².